The Morgan fingerprint density at radius 1 is 0.828 bits per heavy atom. The van der Waals surface area contributed by atoms with Gasteiger partial charge in [-0.3, -0.25) is 0 Å². The average Bonchev–Trinajstić information content (AvgIpc) is 2.99. The number of ether oxygens (including phenoxy) is 4. The molecule has 4 aliphatic carbocycles. The summed E-state index contributed by atoms with van der Waals surface area (Å²) in [6, 6.07) is 0. The van der Waals surface area contributed by atoms with E-state index in [0.717, 1.165) is 25.2 Å². The molecule has 160 valence electrons. The van der Waals surface area contributed by atoms with Crippen LogP contribution in [0.1, 0.15) is 65.2 Å². The first kappa shape index (κ1) is 19.1. The molecule has 0 aromatic rings. The molecule has 4 saturated carbocycles. The number of terminal acetylenes is 1. The van der Waals surface area contributed by atoms with Crippen molar-refractivity contribution in [3.05, 3.63) is 0 Å². The minimum atomic E-state index is -0.748. The largest absolute Gasteiger partial charge is 0.343 e. The van der Waals surface area contributed by atoms with Crippen molar-refractivity contribution < 1.29 is 18.9 Å². The smallest absolute Gasteiger partial charge is 0.229 e. The second-order valence-corrected chi connectivity index (χ2v) is 11.2. The molecule has 6 fully saturated rings. The summed E-state index contributed by atoms with van der Waals surface area (Å²) in [7, 11) is 0. The van der Waals surface area contributed by atoms with Gasteiger partial charge >= 0.3 is 0 Å². The van der Waals surface area contributed by atoms with E-state index in [9.17, 15) is 0 Å². The number of hydrogen-bond donors (Lipinski definition) is 0. The van der Waals surface area contributed by atoms with Gasteiger partial charge in [-0.15, -0.1) is 12.3 Å². The van der Waals surface area contributed by atoms with E-state index in [1.807, 2.05) is 0 Å². The summed E-state index contributed by atoms with van der Waals surface area (Å²) in [5, 5.41) is 0. The van der Waals surface area contributed by atoms with Crippen LogP contribution < -0.4 is 0 Å². The van der Waals surface area contributed by atoms with Gasteiger partial charge in [-0.05, 0) is 61.2 Å². The van der Waals surface area contributed by atoms with Crippen LogP contribution in [-0.2, 0) is 18.9 Å². The third-order valence-corrected chi connectivity index (χ3v) is 10.4. The summed E-state index contributed by atoms with van der Waals surface area (Å²) < 4.78 is 25.8. The molecule has 0 spiro atoms. The van der Waals surface area contributed by atoms with E-state index >= 15 is 0 Å². The summed E-state index contributed by atoms with van der Waals surface area (Å²) in [6.45, 7) is 7.34. The highest BCUT2D eigenvalue weighted by atomic mass is 16.8. The second kappa shape index (κ2) is 6.22. The van der Waals surface area contributed by atoms with Crippen LogP contribution in [0.15, 0.2) is 0 Å². The van der Waals surface area contributed by atoms with Gasteiger partial charge in [-0.2, -0.15) is 0 Å². The molecule has 2 saturated heterocycles. The normalized spacial score (nSPS) is 58.7. The van der Waals surface area contributed by atoms with Crippen molar-refractivity contribution in [2.45, 2.75) is 76.8 Å². The Bertz CT molecular complexity index is 715. The summed E-state index contributed by atoms with van der Waals surface area (Å²) in [4.78, 5) is 0. The van der Waals surface area contributed by atoms with Crippen molar-refractivity contribution in [3.63, 3.8) is 0 Å². The fraction of sp³-hybridized carbons (Fsp3) is 0.920. The highest BCUT2D eigenvalue weighted by Gasteiger charge is 2.79. The molecule has 0 aromatic carbocycles. The predicted molar refractivity (Wildman–Crippen MR) is 109 cm³/mol. The Balaban J connectivity index is 1.43. The first-order valence-corrected chi connectivity index (χ1v) is 12.0. The molecular formula is C25H36O4. The Morgan fingerprint density at radius 3 is 2.28 bits per heavy atom. The Labute approximate surface area is 175 Å². The van der Waals surface area contributed by atoms with Gasteiger partial charge in [-0.25, -0.2) is 0 Å². The van der Waals surface area contributed by atoms with E-state index in [-0.39, 0.29) is 5.41 Å². The highest BCUT2D eigenvalue weighted by Crippen LogP contribution is 2.73. The van der Waals surface area contributed by atoms with Crippen molar-refractivity contribution in [1.29, 1.82) is 0 Å². The van der Waals surface area contributed by atoms with Gasteiger partial charge in [0, 0.05) is 17.8 Å². The SMILES string of the molecule is C#C[C@H]1C[C@@H]2[C@H](CC[C@@]3(C)[C@H]2CC24OCCOC23OCCO4)[C@@]2(C)CCCCC12. The molecule has 29 heavy (non-hydrogen) atoms. The predicted octanol–water partition coefficient (Wildman–Crippen LogP) is 4.37. The van der Waals surface area contributed by atoms with Crippen LogP contribution in [0, 0.1) is 52.8 Å². The molecule has 0 radical (unpaired) electrons. The zero-order valence-electron chi connectivity index (χ0n) is 18.1. The lowest BCUT2D eigenvalue weighted by molar-refractivity contribution is -0.474. The van der Waals surface area contributed by atoms with Gasteiger partial charge in [0.05, 0.1) is 26.4 Å². The molecule has 1 unspecified atom stereocenters. The molecule has 2 aliphatic heterocycles. The second-order valence-electron chi connectivity index (χ2n) is 11.2. The fourth-order valence-electron chi connectivity index (χ4n) is 9.27. The molecule has 4 nitrogen and oxygen atoms in total. The van der Waals surface area contributed by atoms with E-state index in [4.69, 9.17) is 25.4 Å². The molecule has 0 amide bonds. The van der Waals surface area contributed by atoms with Gasteiger partial charge in [0.2, 0.25) is 11.6 Å². The summed E-state index contributed by atoms with van der Waals surface area (Å²) >= 11 is 0. The van der Waals surface area contributed by atoms with Gasteiger partial charge < -0.3 is 18.9 Å². The summed E-state index contributed by atoms with van der Waals surface area (Å²) in [5.74, 6) is 4.74. The van der Waals surface area contributed by atoms with Crippen LogP contribution in [-0.4, -0.2) is 38.0 Å². The van der Waals surface area contributed by atoms with E-state index in [1.165, 1.54) is 32.1 Å². The minimum absolute atomic E-state index is 0.0774. The van der Waals surface area contributed by atoms with Gasteiger partial charge in [0.1, 0.15) is 0 Å². The van der Waals surface area contributed by atoms with Gasteiger partial charge in [0.15, 0.2) is 0 Å². The molecule has 0 aromatic heterocycles. The number of hydrogen-bond acceptors (Lipinski definition) is 4. The van der Waals surface area contributed by atoms with Crippen LogP contribution in [0.2, 0.25) is 0 Å². The monoisotopic (exact) mass is 400 g/mol. The third kappa shape index (κ3) is 2.16. The molecule has 2 heterocycles. The first-order chi connectivity index (χ1) is 14.0. The summed E-state index contributed by atoms with van der Waals surface area (Å²) in [6.07, 6.45) is 16.0. The lowest BCUT2D eigenvalue weighted by Crippen LogP contribution is -2.69. The Hall–Kier alpha value is -0.600. The van der Waals surface area contributed by atoms with Crippen LogP contribution in [0.3, 0.4) is 0 Å². The lowest BCUT2D eigenvalue weighted by Gasteiger charge is -2.63. The zero-order valence-corrected chi connectivity index (χ0v) is 18.1. The van der Waals surface area contributed by atoms with Crippen LogP contribution in [0.5, 0.6) is 0 Å². The van der Waals surface area contributed by atoms with Crippen LogP contribution >= 0.6 is 0 Å². The van der Waals surface area contributed by atoms with Crippen LogP contribution in [0.25, 0.3) is 0 Å². The molecular weight excluding hydrogens is 364 g/mol. The van der Waals surface area contributed by atoms with Crippen molar-refractivity contribution in [2.75, 3.05) is 26.4 Å². The van der Waals surface area contributed by atoms with E-state index in [1.54, 1.807) is 0 Å². The topological polar surface area (TPSA) is 36.9 Å². The fourth-order valence-corrected chi connectivity index (χ4v) is 9.27. The Kier molecular flexibility index (Phi) is 4.10. The first-order valence-electron chi connectivity index (χ1n) is 12.0. The molecule has 7 atom stereocenters. The minimum Gasteiger partial charge on any atom is -0.343 e. The van der Waals surface area contributed by atoms with Gasteiger partial charge in [-0.1, -0.05) is 26.7 Å². The van der Waals surface area contributed by atoms with E-state index in [2.05, 4.69) is 19.8 Å². The standard InChI is InChI=1S/C25H36O4/c1-4-17-15-18-20(22(2)9-6-5-7-19(17)22)8-10-23(3)21(18)16-24-25(23,28-13-11-26-24)29-14-12-27-24/h1,17-21H,5-16H2,2-3H3/t17-,18+,19?,20-,21-,22-,23-,24?,25?/m0/s1. The maximum absolute atomic E-state index is 6.51. The van der Waals surface area contributed by atoms with Crippen LogP contribution in [0.4, 0.5) is 0 Å². The number of rotatable bonds is 0. The van der Waals surface area contributed by atoms with Crippen molar-refractivity contribution in [1.82, 2.24) is 0 Å². The quantitative estimate of drug-likeness (QED) is 0.566. The average molecular weight is 401 g/mol. The highest BCUT2D eigenvalue weighted by molar-refractivity contribution is 5.21. The van der Waals surface area contributed by atoms with Crippen molar-refractivity contribution >= 4 is 0 Å². The lowest BCUT2D eigenvalue weighted by atomic mass is 9.43. The van der Waals surface area contributed by atoms with Gasteiger partial charge in [0.25, 0.3) is 0 Å². The molecule has 0 N–H and O–H groups in total. The van der Waals surface area contributed by atoms with E-state index in [0.29, 0.717) is 55.5 Å². The van der Waals surface area contributed by atoms with Crippen molar-refractivity contribution in [3.8, 4) is 12.3 Å². The zero-order chi connectivity index (χ0) is 19.9. The summed E-state index contributed by atoms with van der Waals surface area (Å²) in [5.41, 5.74) is 0.309. The molecule has 4 heteroatoms. The molecule has 6 aliphatic rings. The van der Waals surface area contributed by atoms with Crippen molar-refractivity contribution in [2.24, 2.45) is 40.4 Å². The Morgan fingerprint density at radius 2 is 1.55 bits per heavy atom. The molecule has 6 rings (SSSR count). The maximum atomic E-state index is 6.51. The maximum Gasteiger partial charge on any atom is 0.229 e. The third-order valence-electron chi connectivity index (χ3n) is 10.4. The molecule has 0 bridgehead atoms. The van der Waals surface area contributed by atoms with E-state index < -0.39 is 11.6 Å². The number of fused-ring (bicyclic) bond motifs is 5.